The summed E-state index contributed by atoms with van der Waals surface area (Å²) >= 11 is 3.10. The number of hydrogen-bond acceptors (Lipinski definition) is 7. The largest absolute Gasteiger partial charge is 0.497 e. The molecule has 0 N–H and O–H groups in total. The number of rotatable bonds is 7. The van der Waals surface area contributed by atoms with Crippen molar-refractivity contribution in [2.45, 2.75) is 17.5 Å². The van der Waals surface area contributed by atoms with E-state index in [1.165, 1.54) is 11.8 Å². The maximum atomic E-state index is 13.2. The van der Waals surface area contributed by atoms with Crippen molar-refractivity contribution in [3.63, 3.8) is 0 Å². The first-order valence-electron chi connectivity index (χ1n) is 9.95. The first-order valence-corrected chi connectivity index (χ1v) is 11.8. The first kappa shape index (κ1) is 20.5. The Morgan fingerprint density at radius 3 is 2.69 bits per heavy atom. The van der Waals surface area contributed by atoms with Crippen molar-refractivity contribution < 1.29 is 9.15 Å². The van der Waals surface area contributed by atoms with Gasteiger partial charge in [-0.1, -0.05) is 23.9 Å². The standard InChI is InChI=1S/C24H19N3O3S2/c1-29-18-10-8-16(9-11-18)22-25-17(14-31-22)15-32-24-26-21-7-3-2-6-20(21)23(28)27(24)13-19-5-4-12-30-19/h2-12,14H,13,15H2,1H3. The number of aromatic nitrogens is 3. The number of thiazole rings is 1. The van der Waals surface area contributed by atoms with Crippen LogP contribution in [0.1, 0.15) is 11.5 Å². The number of thioether (sulfide) groups is 1. The van der Waals surface area contributed by atoms with Crippen molar-refractivity contribution in [1.82, 2.24) is 14.5 Å². The molecule has 0 radical (unpaired) electrons. The van der Waals surface area contributed by atoms with Gasteiger partial charge in [0.2, 0.25) is 0 Å². The third kappa shape index (κ3) is 4.19. The summed E-state index contributed by atoms with van der Waals surface area (Å²) in [6, 6.07) is 18.9. The number of fused-ring (bicyclic) bond motifs is 1. The Balaban J connectivity index is 1.42. The van der Waals surface area contributed by atoms with Crippen LogP contribution in [0.25, 0.3) is 21.5 Å². The summed E-state index contributed by atoms with van der Waals surface area (Å²) in [5.74, 6) is 2.13. The molecule has 0 amide bonds. The minimum absolute atomic E-state index is 0.0771. The Hall–Kier alpha value is -3.36. The predicted octanol–water partition coefficient (Wildman–Crippen LogP) is 5.46. The molecular weight excluding hydrogens is 442 g/mol. The number of benzene rings is 2. The summed E-state index contributed by atoms with van der Waals surface area (Å²) < 4.78 is 12.4. The number of nitrogens with zero attached hydrogens (tertiary/aromatic N) is 3. The normalized spacial score (nSPS) is 11.2. The van der Waals surface area contributed by atoms with Gasteiger partial charge in [-0.05, 0) is 48.5 Å². The van der Waals surface area contributed by atoms with Gasteiger partial charge in [-0.2, -0.15) is 0 Å². The van der Waals surface area contributed by atoms with E-state index in [1.54, 1.807) is 35.3 Å². The summed E-state index contributed by atoms with van der Waals surface area (Å²) in [6.45, 7) is 0.333. The molecule has 0 aliphatic heterocycles. The third-order valence-electron chi connectivity index (χ3n) is 4.96. The molecule has 0 bridgehead atoms. The zero-order valence-corrected chi connectivity index (χ0v) is 18.9. The zero-order valence-electron chi connectivity index (χ0n) is 17.2. The van der Waals surface area contributed by atoms with Crippen LogP contribution in [0.2, 0.25) is 0 Å². The van der Waals surface area contributed by atoms with Crippen molar-refractivity contribution >= 4 is 34.0 Å². The van der Waals surface area contributed by atoms with E-state index in [4.69, 9.17) is 19.1 Å². The second kappa shape index (κ2) is 9.02. The van der Waals surface area contributed by atoms with Crippen LogP contribution in [0.15, 0.2) is 86.7 Å². The van der Waals surface area contributed by atoms with E-state index in [2.05, 4.69) is 0 Å². The van der Waals surface area contributed by atoms with Crippen LogP contribution >= 0.6 is 23.1 Å². The average molecular weight is 462 g/mol. The van der Waals surface area contributed by atoms with E-state index in [0.29, 0.717) is 34.1 Å². The van der Waals surface area contributed by atoms with Gasteiger partial charge >= 0.3 is 0 Å². The highest BCUT2D eigenvalue weighted by molar-refractivity contribution is 7.98. The van der Waals surface area contributed by atoms with Crippen LogP contribution in [0.3, 0.4) is 0 Å². The van der Waals surface area contributed by atoms with E-state index in [-0.39, 0.29) is 5.56 Å². The van der Waals surface area contributed by atoms with Gasteiger partial charge < -0.3 is 9.15 Å². The summed E-state index contributed by atoms with van der Waals surface area (Å²) in [5, 5.41) is 4.23. The zero-order chi connectivity index (χ0) is 21.9. The lowest BCUT2D eigenvalue weighted by atomic mass is 10.2. The molecule has 0 spiro atoms. The Kier molecular flexibility index (Phi) is 5.79. The van der Waals surface area contributed by atoms with Gasteiger partial charge in [0.25, 0.3) is 5.56 Å². The molecule has 0 aliphatic carbocycles. The minimum atomic E-state index is -0.0771. The molecule has 3 aromatic heterocycles. The monoisotopic (exact) mass is 461 g/mol. The number of furan rings is 1. The van der Waals surface area contributed by atoms with E-state index in [1.807, 2.05) is 60.0 Å². The smallest absolute Gasteiger partial charge is 0.262 e. The number of para-hydroxylation sites is 1. The van der Waals surface area contributed by atoms with Gasteiger partial charge in [-0.25, -0.2) is 9.97 Å². The van der Waals surface area contributed by atoms with Gasteiger partial charge in [-0.3, -0.25) is 9.36 Å². The van der Waals surface area contributed by atoms with E-state index >= 15 is 0 Å². The van der Waals surface area contributed by atoms with Crippen molar-refractivity contribution in [2.24, 2.45) is 0 Å². The maximum absolute atomic E-state index is 13.2. The van der Waals surface area contributed by atoms with Crippen LogP contribution in [0.5, 0.6) is 5.75 Å². The van der Waals surface area contributed by atoms with Gasteiger partial charge in [0, 0.05) is 16.7 Å². The Bertz CT molecular complexity index is 1410. The van der Waals surface area contributed by atoms with Gasteiger partial charge in [-0.15, -0.1) is 11.3 Å². The molecule has 6 nitrogen and oxygen atoms in total. The molecule has 0 saturated carbocycles. The molecule has 2 aromatic carbocycles. The van der Waals surface area contributed by atoms with Crippen molar-refractivity contribution in [3.05, 3.63) is 94.1 Å². The topological polar surface area (TPSA) is 70.2 Å². The summed E-state index contributed by atoms with van der Waals surface area (Å²) in [5.41, 5.74) is 2.60. The summed E-state index contributed by atoms with van der Waals surface area (Å²) in [6.07, 6.45) is 1.61. The van der Waals surface area contributed by atoms with Crippen molar-refractivity contribution in [3.8, 4) is 16.3 Å². The molecule has 32 heavy (non-hydrogen) atoms. The molecule has 0 atom stereocenters. The van der Waals surface area contributed by atoms with E-state index in [0.717, 1.165) is 22.0 Å². The highest BCUT2D eigenvalue weighted by Gasteiger charge is 2.14. The van der Waals surface area contributed by atoms with E-state index in [9.17, 15) is 4.79 Å². The number of hydrogen-bond donors (Lipinski definition) is 0. The molecule has 5 rings (SSSR count). The second-order valence-electron chi connectivity index (χ2n) is 7.04. The minimum Gasteiger partial charge on any atom is -0.497 e. The first-order chi connectivity index (χ1) is 15.7. The third-order valence-corrected chi connectivity index (χ3v) is 6.91. The number of ether oxygens (including phenoxy) is 1. The van der Waals surface area contributed by atoms with Crippen LogP contribution in [-0.4, -0.2) is 21.6 Å². The average Bonchev–Trinajstić information content (AvgIpc) is 3.52. The molecule has 0 saturated heterocycles. The van der Waals surface area contributed by atoms with Gasteiger partial charge in [0.1, 0.15) is 16.5 Å². The van der Waals surface area contributed by atoms with Crippen LogP contribution < -0.4 is 10.3 Å². The van der Waals surface area contributed by atoms with Crippen LogP contribution in [-0.2, 0) is 12.3 Å². The second-order valence-corrected chi connectivity index (χ2v) is 8.84. The van der Waals surface area contributed by atoms with Crippen LogP contribution in [0.4, 0.5) is 0 Å². The lowest BCUT2D eigenvalue weighted by molar-refractivity contribution is 0.415. The van der Waals surface area contributed by atoms with Crippen LogP contribution in [0, 0.1) is 0 Å². The summed E-state index contributed by atoms with van der Waals surface area (Å²) in [4.78, 5) is 22.7. The highest BCUT2D eigenvalue weighted by atomic mass is 32.2. The van der Waals surface area contributed by atoms with Gasteiger partial charge in [0.05, 0.1) is 36.5 Å². The molecule has 160 valence electrons. The molecule has 8 heteroatoms. The number of methoxy groups -OCH3 is 1. The highest BCUT2D eigenvalue weighted by Crippen LogP contribution is 2.29. The molecule has 0 unspecified atom stereocenters. The fraction of sp³-hybridized carbons (Fsp3) is 0.125. The van der Waals surface area contributed by atoms with Crippen molar-refractivity contribution in [1.29, 1.82) is 0 Å². The van der Waals surface area contributed by atoms with Crippen molar-refractivity contribution in [2.75, 3.05) is 7.11 Å². The molecule has 0 fully saturated rings. The summed E-state index contributed by atoms with van der Waals surface area (Å²) in [7, 11) is 1.65. The predicted molar refractivity (Wildman–Crippen MR) is 127 cm³/mol. The molecule has 5 aromatic rings. The lowest BCUT2D eigenvalue weighted by Gasteiger charge is -2.11. The Morgan fingerprint density at radius 1 is 1.06 bits per heavy atom. The lowest BCUT2D eigenvalue weighted by Crippen LogP contribution is -2.23. The molecule has 0 aliphatic rings. The fourth-order valence-corrected chi connectivity index (χ4v) is 5.16. The van der Waals surface area contributed by atoms with Gasteiger partial charge in [0.15, 0.2) is 5.16 Å². The molecule has 3 heterocycles. The SMILES string of the molecule is COc1ccc(-c2nc(CSc3nc4ccccc4c(=O)n3Cc3ccco3)cs2)cc1. The van der Waals surface area contributed by atoms with E-state index < -0.39 is 0 Å². The quantitative estimate of drug-likeness (QED) is 0.237. The Labute approximate surface area is 192 Å². The maximum Gasteiger partial charge on any atom is 0.262 e. The Morgan fingerprint density at radius 2 is 1.91 bits per heavy atom. The fourth-order valence-electron chi connectivity index (χ4n) is 3.33. The molecular formula is C24H19N3O3S2.